The van der Waals surface area contributed by atoms with Crippen molar-refractivity contribution in [3.8, 4) is 11.6 Å². The minimum Gasteiger partial charge on any atom is -0.475 e. The van der Waals surface area contributed by atoms with Crippen molar-refractivity contribution in [2.75, 3.05) is 23.0 Å². The molecule has 0 saturated heterocycles. The summed E-state index contributed by atoms with van der Waals surface area (Å²) in [5.74, 6) is -1.72. The Kier molecular flexibility index (Phi) is 10.1. The van der Waals surface area contributed by atoms with Gasteiger partial charge < -0.3 is 25.8 Å². The van der Waals surface area contributed by atoms with Crippen molar-refractivity contribution in [2.45, 2.75) is 12.4 Å². The van der Waals surface area contributed by atoms with E-state index in [1.54, 1.807) is 13.1 Å². The highest BCUT2D eigenvalue weighted by atomic mass is 79.9. The number of urea groups is 1. The number of hydrogen-bond donors (Lipinski definition) is 4. The van der Waals surface area contributed by atoms with Gasteiger partial charge in [-0.3, -0.25) is 0 Å². The summed E-state index contributed by atoms with van der Waals surface area (Å²) in [5.41, 5.74) is -0.599. The van der Waals surface area contributed by atoms with Gasteiger partial charge in [-0.05, 0) is 46.3 Å². The van der Waals surface area contributed by atoms with Gasteiger partial charge in [0.2, 0.25) is 5.88 Å². The van der Waals surface area contributed by atoms with Crippen molar-refractivity contribution >= 4 is 56.7 Å². The summed E-state index contributed by atoms with van der Waals surface area (Å²) in [5, 5.41) is 15.0. The summed E-state index contributed by atoms with van der Waals surface area (Å²) in [6, 6.07) is 8.06. The molecule has 0 radical (unpaired) electrons. The largest absolute Gasteiger partial charge is 0.490 e. The number of ether oxygens (including phenoxy) is 1. The first kappa shape index (κ1) is 30.4. The van der Waals surface area contributed by atoms with Crippen LogP contribution >= 0.6 is 27.5 Å². The lowest BCUT2D eigenvalue weighted by Crippen LogP contribution is -2.21. The average molecular weight is 631 g/mol. The average Bonchev–Trinajstić information content (AvgIpc) is 2.81. The minimum absolute atomic E-state index is 0.0125. The molecule has 4 N–H and O–H groups in total. The summed E-state index contributed by atoms with van der Waals surface area (Å²) in [4.78, 5) is 29.1. The lowest BCUT2D eigenvalue weighted by molar-refractivity contribution is -0.192. The van der Waals surface area contributed by atoms with E-state index in [-0.39, 0.29) is 28.0 Å². The van der Waals surface area contributed by atoms with Crippen molar-refractivity contribution in [3.05, 3.63) is 63.9 Å². The summed E-state index contributed by atoms with van der Waals surface area (Å²) in [7, 11) is 1.69. The van der Waals surface area contributed by atoms with Gasteiger partial charge in [-0.1, -0.05) is 17.7 Å². The second-order valence-corrected chi connectivity index (χ2v) is 8.08. The number of aromatic nitrogens is 2. The van der Waals surface area contributed by atoms with E-state index in [1.807, 2.05) is 0 Å². The fourth-order valence-corrected chi connectivity index (χ4v) is 3.35. The third-order valence-electron chi connectivity index (χ3n) is 4.05. The molecule has 1 aromatic heterocycles. The number of alkyl halides is 6. The van der Waals surface area contributed by atoms with E-state index in [1.165, 1.54) is 30.6 Å². The third kappa shape index (κ3) is 9.26. The third-order valence-corrected chi connectivity index (χ3v) is 4.92. The predicted molar refractivity (Wildman–Crippen MR) is 129 cm³/mol. The Morgan fingerprint density at radius 3 is 2.18 bits per heavy atom. The number of rotatable bonds is 5. The first-order chi connectivity index (χ1) is 17.6. The molecule has 2 aromatic carbocycles. The summed E-state index contributed by atoms with van der Waals surface area (Å²) in [6.45, 7) is 0. The number of anilines is 3. The molecule has 0 atom stereocenters. The van der Waals surface area contributed by atoms with Crippen LogP contribution in [0.3, 0.4) is 0 Å². The molecule has 0 unspecified atom stereocenters. The fourth-order valence-electron chi connectivity index (χ4n) is 2.43. The number of carbonyl (C=O) groups is 2. The summed E-state index contributed by atoms with van der Waals surface area (Å²) < 4.78 is 76.2. The molecular formula is C21H15BrClF6N5O4. The predicted octanol–water partition coefficient (Wildman–Crippen LogP) is 7.02. The molecule has 1 heterocycles. The van der Waals surface area contributed by atoms with E-state index < -0.39 is 29.9 Å². The van der Waals surface area contributed by atoms with Crippen molar-refractivity contribution in [3.63, 3.8) is 0 Å². The lowest BCUT2D eigenvalue weighted by Gasteiger charge is -2.13. The Morgan fingerprint density at radius 2 is 1.63 bits per heavy atom. The van der Waals surface area contributed by atoms with Gasteiger partial charge in [0.1, 0.15) is 12.1 Å². The van der Waals surface area contributed by atoms with Crippen molar-refractivity contribution in [1.82, 2.24) is 9.97 Å². The lowest BCUT2D eigenvalue weighted by atomic mass is 10.2. The number of nitrogens with one attached hydrogen (secondary N) is 3. The van der Waals surface area contributed by atoms with Crippen LogP contribution in [0.1, 0.15) is 5.56 Å². The van der Waals surface area contributed by atoms with Crippen LogP contribution in [0.2, 0.25) is 5.02 Å². The highest BCUT2D eigenvalue weighted by Gasteiger charge is 2.38. The molecule has 204 valence electrons. The second kappa shape index (κ2) is 12.6. The van der Waals surface area contributed by atoms with Crippen molar-refractivity contribution in [2.24, 2.45) is 0 Å². The number of halogens is 8. The Bertz CT molecular complexity index is 1290. The molecule has 3 rings (SSSR count). The van der Waals surface area contributed by atoms with Crippen LogP contribution in [-0.4, -0.2) is 40.3 Å². The Hall–Kier alpha value is -3.79. The zero-order valence-electron chi connectivity index (χ0n) is 18.7. The smallest absolute Gasteiger partial charge is 0.475 e. The van der Waals surface area contributed by atoms with Crippen LogP contribution in [0.4, 0.5) is 48.3 Å². The monoisotopic (exact) mass is 629 g/mol. The molecule has 0 saturated carbocycles. The van der Waals surface area contributed by atoms with Gasteiger partial charge in [-0.15, -0.1) is 0 Å². The number of aliphatic carboxylic acids is 1. The maximum atomic E-state index is 12.8. The number of amides is 2. The van der Waals surface area contributed by atoms with Crippen molar-refractivity contribution < 1.29 is 45.8 Å². The Labute approximate surface area is 223 Å². The number of carboxylic acid groups (broad SMARTS) is 1. The Balaban J connectivity index is 0.000000638. The molecule has 0 fully saturated rings. The van der Waals surface area contributed by atoms with Gasteiger partial charge >= 0.3 is 24.4 Å². The number of hydrogen-bond acceptors (Lipinski definition) is 6. The maximum Gasteiger partial charge on any atom is 0.490 e. The zero-order valence-corrected chi connectivity index (χ0v) is 21.1. The zero-order chi connectivity index (χ0) is 28.7. The molecular weight excluding hydrogens is 616 g/mol. The fraction of sp³-hybridized carbons (Fsp3) is 0.143. The van der Waals surface area contributed by atoms with Crippen LogP contribution < -0.4 is 20.7 Å². The van der Waals surface area contributed by atoms with Gasteiger partial charge in [0.15, 0.2) is 5.75 Å². The molecule has 0 spiro atoms. The van der Waals surface area contributed by atoms with Crippen LogP contribution in [-0.2, 0) is 11.0 Å². The van der Waals surface area contributed by atoms with Gasteiger partial charge in [-0.25, -0.2) is 19.6 Å². The van der Waals surface area contributed by atoms with E-state index in [0.29, 0.717) is 10.3 Å². The quantitative estimate of drug-likeness (QED) is 0.223. The number of carboxylic acids is 1. The van der Waals surface area contributed by atoms with Gasteiger partial charge in [0, 0.05) is 24.5 Å². The first-order valence-electron chi connectivity index (χ1n) is 9.82. The second-order valence-electron chi connectivity index (χ2n) is 6.82. The van der Waals surface area contributed by atoms with E-state index in [9.17, 15) is 31.1 Å². The summed E-state index contributed by atoms with van der Waals surface area (Å²) in [6.07, 6.45) is -8.28. The van der Waals surface area contributed by atoms with Crippen molar-refractivity contribution in [1.29, 1.82) is 0 Å². The van der Waals surface area contributed by atoms with Gasteiger partial charge in [-0.2, -0.15) is 26.3 Å². The summed E-state index contributed by atoms with van der Waals surface area (Å²) >= 11 is 9.58. The standard InChI is InChI=1S/C19H14BrClF3N5O2.C2HF3O2/c1-25-15-8-16(27-9-26-15)31-17-13(20)6-12(7-14(17)21)29-18(30)28-11-4-2-3-10(5-11)19(22,23)24;3-2(4,5)1(6)7/h2-9H,1H3,(H,25,26,27)(H2,28,29,30);(H,6,7). The molecule has 38 heavy (non-hydrogen) atoms. The van der Waals surface area contributed by atoms with E-state index in [4.69, 9.17) is 26.2 Å². The molecule has 0 aliphatic rings. The molecule has 9 nitrogen and oxygen atoms in total. The Morgan fingerprint density at radius 1 is 1.00 bits per heavy atom. The topological polar surface area (TPSA) is 125 Å². The molecule has 0 bridgehead atoms. The molecule has 17 heteroatoms. The van der Waals surface area contributed by atoms with E-state index in [0.717, 1.165) is 12.1 Å². The van der Waals surface area contributed by atoms with Crippen LogP contribution in [0.5, 0.6) is 11.6 Å². The molecule has 0 aliphatic carbocycles. The number of benzene rings is 2. The first-order valence-corrected chi connectivity index (χ1v) is 11.0. The molecule has 2 amide bonds. The highest BCUT2D eigenvalue weighted by Crippen LogP contribution is 2.39. The van der Waals surface area contributed by atoms with Crippen LogP contribution in [0.25, 0.3) is 0 Å². The minimum atomic E-state index is -5.08. The number of carbonyl (C=O) groups excluding carboxylic acids is 1. The number of nitrogens with zero attached hydrogens (tertiary/aromatic N) is 2. The van der Waals surface area contributed by atoms with E-state index >= 15 is 0 Å². The molecule has 0 aliphatic heterocycles. The van der Waals surface area contributed by atoms with Gasteiger partial charge in [0.25, 0.3) is 0 Å². The highest BCUT2D eigenvalue weighted by molar-refractivity contribution is 9.10. The normalized spacial score (nSPS) is 11.1. The van der Waals surface area contributed by atoms with Crippen LogP contribution in [0.15, 0.2) is 53.3 Å². The molecule has 3 aromatic rings. The SMILES string of the molecule is CNc1cc(Oc2c(Cl)cc(NC(=O)Nc3cccc(C(F)(F)F)c3)cc2Br)ncn1.O=C(O)C(F)(F)F. The van der Waals surface area contributed by atoms with E-state index in [2.05, 4.69) is 41.8 Å². The van der Waals surface area contributed by atoms with Crippen LogP contribution in [0, 0.1) is 0 Å². The maximum absolute atomic E-state index is 12.8. The van der Waals surface area contributed by atoms with Gasteiger partial charge in [0.05, 0.1) is 15.1 Å².